The normalized spacial score (nSPS) is 20.8. The van der Waals surface area contributed by atoms with Crippen LogP contribution >= 0.6 is 0 Å². The summed E-state index contributed by atoms with van der Waals surface area (Å²) in [7, 11) is -3.59. The van der Waals surface area contributed by atoms with Crippen molar-refractivity contribution < 1.29 is 23.1 Å². The second-order valence-corrected chi connectivity index (χ2v) is 14.7. The lowest BCUT2D eigenvalue weighted by Crippen LogP contribution is -2.37. The molecule has 3 aliphatic heterocycles. The summed E-state index contributed by atoms with van der Waals surface area (Å²) in [5.74, 6) is 0.295. The zero-order valence-electron chi connectivity index (χ0n) is 24.7. The Morgan fingerprint density at radius 1 is 1.02 bits per heavy atom. The maximum Gasteiger partial charge on any atom is 0.258 e. The molecule has 8 nitrogen and oxygen atoms in total. The Hall–Kier alpha value is -3.56. The summed E-state index contributed by atoms with van der Waals surface area (Å²) in [6.07, 6.45) is 3.94. The van der Waals surface area contributed by atoms with Crippen LogP contribution in [0.25, 0.3) is 11.1 Å². The highest BCUT2D eigenvalue weighted by molar-refractivity contribution is 7.92. The Kier molecular flexibility index (Phi) is 7.22. The van der Waals surface area contributed by atoms with E-state index in [1.807, 2.05) is 12.1 Å². The van der Waals surface area contributed by atoms with E-state index in [1.54, 1.807) is 11.0 Å². The van der Waals surface area contributed by atoms with Crippen molar-refractivity contribution in [2.75, 3.05) is 47.1 Å². The van der Waals surface area contributed by atoms with Crippen molar-refractivity contribution in [2.45, 2.75) is 51.5 Å². The van der Waals surface area contributed by atoms with Crippen LogP contribution in [0.4, 0.5) is 17.1 Å². The van der Waals surface area contributed by atoms with E-state index >= 15 is 0 Å². The largest absolute Gasteiger partial charge is 0.506 e. The van der Waals surface area contributed by atoms with E-state index in [2.05, 4.69) is 54.7 Å². The molecule has 222 valence electrons. The Balaban J connectivity index is 1.34. The van der Waals surface area contributed by atoms with Crippen LogP contribution in [-0.2, 0) is 26.6 Å². The summed E-state index contributed by atoms with van der Waals surface area (Å²) >= 11 is 0. The van der Waals surface area contributed by atoms with Crippen LogP contribution in [0.3, 0.4) is 0 Å². The average molecular weight is 590 g/mol. The summed E-state index contributed by atoms with van der Waals surface area (Å²) in [6, 6.07) is 17.8. The number of hydrogen-bond acceptors (Lipinski definition) is 6. The van der Waals surface area contributed by atoms with Crippen molar-refractivity contribution in [2.24, 2.45) is 5.92 Å². The number of hydrogen-bond donors (Lipinski definition) is 2. The van der Waals surface area contributed by atoms with Gasteiger partial charge in [0.2, 0.25) is 10.0 Å². The van der Waals surface area contributed by atoms with E-state index in [0.29, 0.717) is 36.2 Å². The number of rotatable bonds is 5. The second kappa shape index (κ2) is 10.6. The summed E-state index contributed by atoms with van der Waals surface area (Å²) in [5.41, 5.74) is 7.00. The van der Waals surface area contributed by atoms with Crippen LogP contribution < -0.4 is 14.5 Å². The molecule has 0 spiro atoms. The fraction of sp³-hybridized carbons (Fsp3) is 0.424. The van der Waals surface area contributed by atoms with Gasteiger partial charge < -0.3 is 19.6 Å². The minimum atomic E-state index is -3.59. The van der Waals surface area contributed by atoms with Gasteiger partial charge in [-0.05, 0) is 77.6 Å². The number of carbonyl (C=O) groups excluding carboxylic acids is 1. The quantitative estimate of drug-likeness (QED) is 0.379. The molecule has 0 aliphatic carbocycles. The molecule has 2 saturated heterocycles. The number of aromatic hydroxyl groups is 1. The number of ether oxygens (including phenoxy) is 1. The highest BCUT2D eigenvalue weighted by Crippen LogP contribution is 2.42. The Labute approximate surface area is 248 Å². The van der Waals surface area contributed by atoms with E-state index < -0.39 is 10.0 Å². The number of nitrogens with one attached hydrogen (secondary N) is 1. The first-order valence-electron chi connectivity index (χ1n) is 14.6. The Morgan fingerprint density at radius 3 is 2.57 bits per heavy atom. The van der Waals surface area contributed by atoms with Crippen molar-refractivity contribution in [3.8, 4) is 16.9 Å². The van der Waals surface area contributed by atoms with Gasteiger partial charge in [0, 0.05) is 42.2 Å². The number of anilines is 3. The number of nitrogens with zero attached hydrogens (tertiary/aromatic N) is 2. The predicted octanol–water partition coefficient (Wildman–Crippen LogP) is 5.55. The number of carbonyl (C=O) groups is 1. The maximum atomic E-state index is 13.6. The first kappa shape index (κ1) is 28.6. The van der Waals surface area contributed by atoms with E-state index in [9.17, 15) is 18.3 Å². The highest BCUT2D eigenvalue weighted by Gasteiger charge is 2.36. The first-order chi connectivity index (χ1) is 19.9. The molecule has 0 aromatic heterocycles. The maximum absolute atomic E-state index is 13.6. The van der Waals surface area contributed by atoms with Crippen LogP contribution in [-0.4, -0.2) is 58.0 Å². The zero-order valence-corrected chi connectivity index (χ0v) is 25.5. The van der Waals surface area contributed by atoms with Crippen LogP contribution in [0, 0.1) is 5.92 Å². The number of amides is 1. The molecular formula is C33H39N3O5S. The van der Waals surface area contributed by atoms with E-state index in [-0.39, 0.29) is 22.8 Å². The van der Waals surface area contributed by atoms with Crippen LogP contribution in [0.15, 0.2) is 54.6 Å². The minimum absolute atomic E-state index is 0.0200. The molecule has 2 atom stereocenters. The fourth-order valence-electron chi connectivity index (χ4n) is 6.50. The molecule has 3 aromatic carbocycles. The molecule has 2 N–H and O–H groups in total. The first-order valence-corrected chi connectivity index (χ1v) is 16.5. The van der Waals surface area contributed by atoms with Crippen LogP contribution in [0.2, 0.25) is 0 Å². The lowest BCUT2D eigenvalue weighted by molar-refractivity contribution is 0.0980. The molecule has 2 fully saturated rings. The molecule has 2 bridgehead atoms. The molecule has 3 heterocycles. The molecule has 3 aromatic rings. The molecule has 0 radical (unpaired) electrons. The smallest absolute Gasteiger partial charge is 0.258 e. The van der Waals surface area contributed by atoms with E-state index in [1.165, 1.54) is 28.9 Å². The second-order valence-electron chi connectivity index (χ2n) is 12.9. The van der Waals surface area contributed by atoms with Gasteiger partial charge in [-0.3, -0.25) is 9.52 Å². The monoisotopic (exact) mass is 589 g/mol. The standard InChI is InChI=1S/C33H39N3O5S/c1-33(2,3)24-6-9-27(30(17-24)36-19-21-12-14-41-20-26(36)15-21)22-5-8-28-23(16-22)11-13-35(32(28)38)25-7-10-31(37)29(18-25)34-42(4,39)40/h5-10,16-18,21,26,34,37H,11-15,19-20H2,1-4H3. The minimum Gasteiger partial charge on any atom is -0.506 e. The van der Waals surface area contributed by atoms with Crippen molar-refractivity contribution in [3.63, 3.8) is 0 Å². The van der Waals surface area contributed by atoms with Crippen molar-refractivity contribution >= 4 is 33.0 Å². The van der Waals surface area contributed by atoms with Gasteiger partial charge in [-0.15, -0.1) is 0 Å². The third-order valence-electron chi connectivity index (χ3n) is 8.74. The van der Waals surface area contributed by atoms with Crippen molar-refractivity contribution in [1.82, 2.24) is 0 Å². The molecule has 3 aliphatic rings. The Bertz CT molecular complexity index is 1650. The lowest BCUT2D eigenvalue weighted by Gasteiger charge is -2.32. The number of phenolic OH excluding ortho intramolecular Hbond substituents is 1. The van der Waals surface area contributed by atoms with Gasteiger partial charge in [0.15, 0.2) is 0 Å². The number of fused-ring (bicyclic) bond motifs is 3. The van der Waals surface area contributed by atoms with E-state index in [0.717, 1.165) is 50.0 Å². The summed E-state index contributed by atoms with van der Waals surface area (Å²) in [6.45, 7) is 9.81. The summed E-state index contributed by atoms with van der Waals surface area (Å²) < 4.78 is 31.8. The molecule has 2 unspecified atom stereocenters. The third-order valence-corrected chi connectivity index (χ3v) is 9.33. The number of benzene rings is 3. The van der Waals surface area contributed by atoms with Crippen molar-refractivity contribution in [1.29, 1.82) is 0 Å². The third kappa shape index (κ3) is 5.60. The highest BCUT2D eigenvalue weighted by atomic mass is 32.2. The molecule has 6 rings (SSSR count). The fourth-order valence-corrected chi connectivity index (χ4v) is 7.06. The molecular weight excluding hydrogens is 550 g/mol. The van der Waals surface area contributed by atoms with Crippen LogP contribution in [0.5, 0.6) is 5.75 Å². The summed E-state index contributed by atoms with van der Waals surface area (Å²) in [4.78, 5) is 17.8. The SMILES string of the molecule is CC(C)(C)c1ccc(-c2ccc3c(c2)CCN(c2ccc(O)c(NS(C)(=O)=O)c2)C3=O)c(N2CC3CCOCC2C3)c1. The average Bonchev–Trinajstić information content (AvgIpc) is 3.18. The van der Waals surface area contributed by atoms with Crippen LogP contribution in [0.1, 0.15) is 55.1 Å². The van der Waals surface area contributed by atoms with Gasteiger partial charge in [-0.25, -0.2) is 8.42 Å². The molecule has 42 heavy (non-hydrogen) atoms. The molecule has 9 heteroatoms. The topological polar surface area (TPSA) is 99.2 Å². The van der Waals surface area contributed by atoms with E-state index in [4.69, 9.17) is 4.74 Å². The summed E-state index contributed by atoms with van der Waals surface area (Å²) in [5, 5.41) is 10.1. The predicted molar refractivity (Wildman–Crippen MR) is 167 cm³/mol. The van der Waals surface area contributed by atoms with Crippen molar-refractivity contribution in [3.05, 3.63) is 71.3 Å². The van der Waals surface area contributed by atoms with Gasteiger partial charge in [0.05, 0.1) is 24.6 Å². The Morgan fingerprint density at radius 2 is 1.81 bits per heavy atom. The van der Waals surface area contributed by atoms with Gasteiger partial charge in [0.25, 0.3) is 5.91 Å². The zero-order chi connectivity index (χ0) is 29.8. The molecule has 0 saturated carbocycles. The van der Waals surface area contributed by atoms with Gasteiger partial charge in [-0.1, -0.05) is 45.0 Å². The molecule has 1 amide bonds. The number of sulfonamides is 1. The van der Waals surface area contributed by atoms with Gasteiger partial charge in [-0.2, -0.15) is 0 Å². The van der Waals surface area contributed by atoms with Gasteiger partial charge in [0.1, 0.15) is 5.75 Å². The lowest BCUT2D eigenvalue weighted by atomic mass is 9.84. The number of phenols is 1. The van der Waals surface area contributed by atoms with Gasteiger partial charge >= 0.3 is 0 Å².